The molecule has 0 unspecified atom stereocenters. The molecule has 0 N–H and O–H groups in total. The lowest BCUT2D eigenvalue weighted by molar-refractivity contribution is -0.118. The van der Waals surface area contributed by atoms with Crippen molar-refractivity contribution in [3.05, 3.63) is 64.8 Å². The molecule has 5 nitrogen and oxygen atoms in total. The summed E-state index contributed by atoms with van der Waals surface area (Å²) in [6.45, 7) is 7.74. The Morgan fingerprint density at radius 3 is 2.53 bits per heavy atom. The first kappa shape index (κ1) is 24.6. The molecular weight excluding hydrogens is 471 g/mol. The minimum Gasteiger partial charge on any atom is -0.370 e. The predicted octanol–water partition coefficient (Wildman–Crippen LogP) is 6.41. The third-order valence-electron chi connectivity index (χ3n) is 10.2. The maximum Gasteiger partial charge on any atom is 0.360 e. The molecule has 1 saturated heterocycles. The number of benzene rings is 1. The van der Waals surface area contributed by atoms with E-state index in [9.17, 15) is 9.36 Å². The molecule has 0 radical (unpaired) electrons. The summed E-state index contributed by atoms with van der Waals surface area (Å²) in [5.41, 5.74) is 6.53. The third-order valence-corrected chi connectivity index (χ3v) is 12.1. The zero-order valence-electron chi connectivity index (χ0n) is 21.7. The number of allylic oxidation sites excluding steroid dienone is 4. The summed E-state index contributed by atoms with van der Waals surface area (Å²) in [7, 11) is -0.460. The summed E-state index contributed by atoms with van der Waals surface area (Å²) in [6, 6.07) is 8.02. The quantitative estimate of drug-likeness (QED) is 0.347. The normalized spacial score (nSPS) is 36.1. The van der Waals surface area contributed by atoms with Crippen molar-refractivity contribution in [1.82, 2.24) is 0 Å². The highest BCUT2D eigenvalue weighted by Crippen LogP contribution is 2.69. The van der Waals surface area contributed by atoms with Gasteiger partial charge in [0.15, 0.2) is 0 Å². The van der Waals surface area contributed by atoms with E-state index in [1.54, 1.807) is 5.57 Å². The van der Waals surface area contributed by atoms with Crippen LogP contribution >= 0.6 is 7.60 Å². The van der Waals surface area contributed by atoms with Gasteiger partial charge in [-0.1, -0.05) is 37.3 Å². The standard InChI is InChI=1S/C30H37O5P/c1-19-14-16-35-30(19)15-13-27-25-11-7-21-17-22(31)8-12-24(21)28(25)26(18-29(27,30)2)20-5-9-23(10-6-20)36(32,33-3)34-4/h5-7,9-10,25-27H,1,8,11-18H2,2-4H3/t25-,26+,27-,29-,30+/m0/s1. The van der Waals surface area contributed by atoms with Crippen LogP contribution in [-0.4, -0.2) is 32.2 Å². The predicted molar refractivity (Wildman–Crippen MR) is 140 cm³/mol. The fourth-order valence-corrected chi connectivity index (χ4v) is 9.61. The van der Waals surface area contributed by atoms with Gasteiger partial charge in [-0.15, -0.1) is 0 Å². The van der Waals surface area contributed by atoms with E-state index in [0.29, 0.717) is 35.8 Å². The Morgan fingerprint density at radius 2 is 1.86 bits per heavy atom. The Morgan fingerprint density at radius 1 is 1.11 bits per heavy atom. The number of rotatable bonds is 4. The van der Waals surface area contributed by atoms with Crippen molar-refractivity contribution in [2.45, 2.75) is 69.8 Å². The van der Waals surface area contributed by atoms with Crippen LogP contribution in [0.15, 0.2) is 59.2 Å². The fraction of sp³-hybridized carbons (Fsp3) is 0.567. The van der Waals surface area contributed by atoms with Crippen LogP contribution in [0.1, 0.15) is 69.8 Å². The molecule has 1 aliphatic heterocycles. The minimum absolute atomic E-state index is 0.00281. The number of fused-ring (bicyclic) bond motifs is 5. The van der Waals surface area contributed by atoms with Gasteiger partial charge in [-0.05, 0) is 84.8 Å². The number of carbonyl (C=O) groups is 1. The van der Waals surface area contributed by atoms with Gasteiger partial charge in [0, 0.05) is 38.4 Å². The number of carbonyl (C=O) groups excluding carboxylic acids is 1. The van der Waals surface area contributed by atoms with Crippen LogP contribution in [0.5, 0.6) is 0 Å². The molecule has 3 saturated carbocycles. The second kappa shape index (κ2) is 8.63. The van der Waals surface area contributed by atoms with Crippen LogP contribution in [0.4, 0.5) is 0 Å². The second-order valence-electron chi connectivity index (χ2n) is 11.5. The van der Waals surface area contributed by atoms with Gasteiger partial charge in [0.05, 0.1) is 17.5 Å². The third kappa shape index (κ3) is 3.32. The van der Waals surface area contributed by atoms with Gasteiger partial charge >= 0.3 is 7.60 Å². The topological polar surface area (TPSA) is 61.8 Å². The highest BCUT2D eigenvalue weighted by Gasteiger charge is 2.65. The summed E-state index contributed by atoms with van der Waals surface area (Å²) in [5, 5.41) is 0.572. The first-order valence-corrected chi connectivity index (χ1v) is 14.9. The summed E-state index contributed by atoms with van der Waals surface area (Å²) in [5.74, 6) is 1.59. The fourth-order valence-electron chi connectivity index (χ4n) is 8.53. The van der Waals surface area contributed by atoms with E-state index in [1.165, 1.54) is 36.5 Å². The number of ether oxygens (including phenoxy) is 1. The van der Waals surface area contributed by atoms with Gasteiger partial charge < -0.3 is 13.8 Å². The SMILES string of the molecule is C=C1CCO[C@]12CC[C@H]1[C@@H]3CC=C4CC(=O)CCC4=C3[C@@H](c3ccc(P(=O)(OC)OC)cc3)C[C@@]12C. The zero-order valence-corrected chi connectivity index (χ0v) is 22.6. The smallest absolute Gasteiger partial charge is 0.360 e. The monoisotopic (exact) mass is 508 g/mol. The van der Waals surface area contributed by atoms with Crippen LogP contribution in [0.3, 0.4) is 0 Å². The highest BCUT2D eigenvalue weighted by molar-refractivity contribution is 7.62. The van der Waals surface area contributed by atoms with Crippen LogP contribution in [0.25, 0.3) is 0 Å². The van der Waals surface area contributed by atoms with Gasteiger partial charge in [0.1, 0.15) is 5.78 Å². The van der Waals surface area contributed by atoms with Gasteiger partial charge in [-0.2, -0.15) is 0 Å². The van der Waals surface area contributed by atoms with E-state index in [0.717, 1.165) is 45.1 Å². The number of ketones is 1. The Balaban J connectivity index is 1.48. The van der Waals surface area contributed by atoms with Crippen molar-refractivity contribution in [1.29, 1.82) is 0 Å². The summed E-state index contributed by atoms with van der Waals surface area (Å²) in [4.78, 5) is 12.3. The number of hydrogen-bond donors (Lipinski definition) is 0. The number of hydrogen-bond acceptors (Lipinski definition) is 5. The van der Waals surface area contributed by atoms with Crippen molar-refractivity contribution in [2.24, 2.45) is 17.3 Å². The minimum atomic E-state index is -3.30. The molecule has 1 spiro atoms. The zero-order chi connectivity index (χ0) is 25.3. The number of Topliss-reactive ketones (excluding diaryl/α,β-unsaturated/α-hetero) is 1. The summed E-state index contributed by atoms with van der Waals surface area (Å²) in [6.07, 6.45) is 9.61. The maximum atomic E-state index is 13.0. The van der Waals surface area contributed by atoms with Crippen molar-refractivity contribution in [2.75, 3.05) is 20.8 Å². The highest BCUT2D eigenvalue weighted by atomic mass is 31.2. The Bertz CT molecular complexity index is 1220. The van der Waals surface area contributed by atoms with Crippen molar-refractivity contribution in [3.8, 4) is 0 Å². The lowest BCUT2D eigenvalue weighted by atomic mass is 9.51. The average molecular weight is 509 g/mol. The van der Waals surface area contributed by atoms with Crippen LogP contribution < -0.4 is 5.30 Å². The molecule has 6 rings (SSSR count). The van der Waals surface area contributed by atoms with Gasteiger partial charge in [-0.25, -0.2) is 0 Å². The van der Waals surface area contributed by atoms with Crippen LogP contribution in [-0.2, 0) is 23.1 Å². The van der Waals surface area contributed by atoms with E-state index >= 15 is 0 Å². The molecule has 1 heterocycles. The van der Waals surface area contributed by atoms with E-state index in [4.69, 9.17) is 13.8 Å². The summed E-state index contributed by atoms with van der Waals surface area (Å²) >= 11 is 0. The first-order valence-electron chi connectivity index (χ1n) is 13.3. The molecule has 4 fully saturated rings. The van der Waals surface area contributed by atoms with E-state index < -0.39 is 7.60 Å². The molecule has 0 bridgehead atoms. The molecule has 5 aliphatic rings. The molecule has 36 heavy (non-hydrogen) atoms. The lowest BCUT2D eigenvalue weighted by Gasteiger charge is -2.55. The van der Waals surface area contributed by atoms with Crippen molar-refractivity contribution < 1.29 is 23.1 Å². The Labute approximate surface area is 214 Å². The first-order chi connectivity index (χ1) is 17.3. The molecule has 4 aliphatic carbocycles. The molecule has 5 atom stereocenters. The van der Waals surface area contributed by atoms with E-state index in [1.807, 2.05) is 12.1 Å². The molecule has 1 aromatic rings. The van der Waals surface area contributed by atoms with Crippen LogP contribution in [0, 0.1) is 17.3 Å². The molecule has 192 valence electrons. The Kier molecular flexibility index (Phi) is 5.88. The van der Waals surface area contributed by atoms with Crippen molar-refractivity contribution in [3.63, 3.8) is 0 Å². The summed E-state index contributed by atoms with van der Waals surface area (Å²) < 4.78 is 30.1. The Hall–Kier alpha value is -1.78. The molecule has 0 amide bonds. The maximum absolute atomic E-state index is 13.0. The van der Waals surface area contributed by atoms with Gasteiger partial charge in [0.2, 0.25) is 0 Å². The molecule has 1 aromatic carbocycles. The average Bonchev–Trinajstić information content (AvgIpc) is 3.42. The molecule has 0 aromatic heterocycles. The molecule has 6 heteroatoms. The van der Waals surface area contributed by atoms with Gasteiger partial charge in [-0.3, -0.25) is 9.36 Å². The van der Waals surface area contributed by atoms with Crippen molar-refractivity contribution >= 4 is 18.7 Å². The van der Waals surface area contributed by atoms with E-state index in [2.05, 4.69) is 31.7 Å². The lowest BCUT2D eigenvalue weighted by Crippen LogP contribution is -2.51. The second-order valence-corrected chi connectivity index (χ2v) is 13.8. The van der Waals surface area contributed by atoms with Gasteiger partial charge in [0.25, 0.3) is 0 Å². The van der Waals surface area contributed by atoms with E-state index in [-0.39, 0.29) is 16.9 Å². The molecular formula is C30H37O5P. The van der Waals surface area contributed by atoms with Crippen LogP contribution in [0.2, 0.25) is 0 Å². The largest absolute Gasteiger partial charge is 0.370 e.